The van der Waals surface area contributed by atoms with Crippen LogP contribution in [0.5, 0.6) is 0 Å². The zero-order valence-electron chi connectivity index (χ0n) is 12.4. The Bertz CT molecular complexity index is 350. The van der Waals surface area contributed by atoms with Gasteiger partial charge in [-0.2, -0.15) is 0 Å². The molecule has 1 N–H and O–H groups in total. The van der Waals surface area contributed by atoms with Crippen LogP contribution in [0.15, 0.2) is 24.5 Å². The fraction of sp³-hybridized carbons (Fsp3) is 0.706. The van der Waals surface area contributed by atoms with Crippen molar-refractivity contribution in [2.45, 2.75) is 58.4 Å². The SMILES string of the molecule is CCCNC(Cc1cccnc1)C1CCCC(C)C1. The van der Waals surface area contributed by atoms with Gasteiger partial charge in [0.05, 0.1) is 0 Å². The van der Waals surface area contributed by atoms with Gasteiger partial charge in [-0.25, -0.2) is 0 Å². The molecule has 106 valence electrons. The zero-order valence-corrected chi connectivity index (χ0v) is 12.4. The Balaban J connectivity index is 1.98. The van der Waals surface area contributed by atoms with Crippen LogP contribution in [-0.4, -0.2) is 17.6 Å². The first-order chi connectivity index (χ1) is 9.29. The molecule has 1 aromatic heterocycles. The number of nitrogens with zero attached hydrogens (tertiary/aromatic N) is 1. The van der Waals surface area contributed by atoms with Crippen LogP contribution in [0.2, 0.25) is 0 Å². The normalized spacial score (nSPS) is 25.2. The van der Waals surface area contributed by atoms with Crippen molar-refractivity contribution in [3.05, 3.63) is 30.1 Å². The minimum Gasteiger partial charge on any atom is -0.313 e. The minimum atomic E-state index is 0.631. The molecule has 2 rings (SSSR count). The Hall–Kier alpha value is -0.890. The van der Waals surface area contributed by atoms with Crippen LogP contribution in [0.3, 0.4) is 0 Å². The maximum atomic E-state index is 4.25. The Morgan fingerprint density at radius 3 is 3.00 bits per heavy atom. The highest BCUT2D eigenvalue weighted by Gasteiger charge is 2.26. The lowest BCUT2D eigenvalue weighted by molar-refractivity contribution is 0.221. The molecular formula is C17H28N2. The first kappa shape index (κ1) is 14.5. The minimum absolute atomic E-state index is 0.631. The van der Waals surface area contributed by atoms with E-state index in [1.165, 1.54) is 37.7 Å². The fourth-order valence-electron chi connectivity index (χ4n) is 3.35. The average molecular weight is 260 g/mol. The second-order valence-corrected chi connectivity index (χ2v) is 6.16. The summed E-state index contributed by atoms with van der Waals surface area (Å²) in [4.78, 5) is 4.25. The number of aromatic nitrogens is 1. The number of nitrogens with one attached hydrogen (secondary N) is 1. The maximum Gasteiger partial charge on any atom is 0.0300 e. The van der Waals surface area contributed by atoms with Crippen LogP contribution in [0.4, 0.5) is 0 Å². The van der Waals surface area contributed by atoms with Crippen LogP contribution in [0.1, 0.15) is 51.5 Å². The molecule has 2 heteroatoms. The molecule has 0 bridgehead atoms. The Labute approximate surface area is 118 Å². The van der Waals surface area contributed by atoms with E-state index in [1.54, 1.807) is 0 Å². The summed E-state index contributed by atoms with van der Waals surface area (Å²) in [5.41, 5.74) is 1.37. The predicted molar refractivity (Wildman–Crippen MR) is 81.1 cm³/mol. The molecule has 0 spiro atoms. The topological polar surface area (TPSA) is 24.9 Å². The molecule has 1 fully saturated rings. The van der Waals surface area contributed by atoms with E-state index in [4.69, 9.17) is 0 Å². The summed E-state index contributed by atoms with van der Waals surface area (Å²) in [5, 5.41) is 3.78. The summed E-state index contributed by atoms with van der Waals surface area (Å²) < 4.78 is 0. The highest BCUT2D eigenvalue weighted by Crippen LogP contribution is 2.31. The van der Waals surface area contributed by atoms with Gasteiger partial charge in [0.25, 0.3) is 0 Å². The molecule has 2 nitrogen and oxygen atoms in total. The average Bonchev–Trinajstić information content (AvgIpc) is 2.44. The summed E-state index contributed by atoms with van der Waals surface area (Å²) in [6, 6.07) is 4.89. The first-order valence-corrected chi connectivity index (χ1v) is 7.92. The molecule has 1 saturated carbocycles. The van der Waals surface area contributed by atoms with Gasteiger partial charge in [0.15, 0.2) is 0 Å². The lowest BCUT2D eigenvalue weighted by atomic mass is 9.77. The number of pyridine rings is 1. The van der Waals surface area contributed by atoms with E-state index in [9.17, 15) is 0 Å². The molecule has 1 aromatic rings. The molecular weight excluding hydrogens is 232 g/mol. The third-order valence-electron chi connectivity index (χ3n) is 4.38. The second-order valence-electron chi connectivity index (χ2n) is 6.16. The summed E-state index contributed by atoms with van der Waals surface area (Å²) in [7, 11) is 0. The van der Waals surface area contributed by atoms with Gasteiger partial charge in [0.2, 0.25) is 0 Å². The van der Waals surface area contributed by atoms with Gasteiger partial charge in [-0.15, -0.1) is 0 Å². The summed E-state index contributed by atoms with van der Waals surface area (Å²) in [6.45, 7) is 5.79. The zero-order chi connectivity index (χ0) is 13.5. The van der Waals surface area contributed by atoms with E-state index >= 15 is 0 Å². The smallest absolute Gasteiger partial charge is 0.0300 e. The van der Waals surface area contributed by atoms with Crippen LogP contribution < -0.4 is 5.32 Å². The number of hydrogen-bond acceptors (Lipinski definition) is 2. The molecule has 19 heavy (non-hydrogen) atoms. The fourth-order valence-corrected chi connectivity index (χ4v) is 3.35. The molecule has 1 aliphatic rings. The summed E-state index contributed by atoms with van der Waals surface area (Å²) in [6.07, 6.45) is 11.8. The lowest BCUT2D eigenvalue weighted by Gasteiger charge is -2.34. The number of rotatable bonds is 6. The third kappa shape index (κ3) is 4.61. The van der Waals surface area contributed by atoms with E-state index < -0.39 is 0 Å². The molecule has 0 aromatic carbocycles. The van der Waals surface area contributed by atoms with E-state index in [-0.39, 0.29) is 0 Å². The van der Waals surface area contributed by atoms with Gasteiger partial charge in [-0.1, -0.05) is 32.8 Å². The standard InChI is InChI=1S/C17H28N2/c1-3-9-19-17(12-15-7-5-10-18-13-15)16-8-4-6-14(2)11-16/h5,7,10,13-14,16-17,19H,3-4,6,8-9,11-12H2,1-2H3. The van der Waals surface area contributed by atoms with Gasteiger partial charge in [-0.05, 0) is 55.7 Å². The van der Waals surface area contributed by atoms with Crippen LogP contribution >= 0.6 is 0 Å². The van der Waals surface area contributed by atoms with Crippen molar-refractivity contribution in [1.29, 1.82) is 0 Å². The van der Waals surface area contributed by atoms with Gasteiger partial charge in [-0.3, -0.25) is 4.98 Å². The van der Waals surface area contributed by atoms with Crippen molar-refractivity contribution in [2.24, 2.45) is 11.8 Å². The van der Waals surface area contributed by atoms with E-state index in [0.29, 0.717) is 6.04 Å². The van der Waals surface area contributed by atoms with E-state index in [0.717, 1.165) is 24.8 Å². The van der Waals surface area contributed by atoms with Crippen LogP contribution in [0, 0.1) is 11.8 Å². The van der Waals surface area contributed by atoms with Gasteiger partial charge in [0, 0.05) is 18.4 Å². The molecule has 1 heterocycles. The molecule has 3 unspecified atom stereocenters. The van der Waals surface area contributed by atoms with E-state index in [2.05, 4.69) is 36.3 Å². The molecule has 1 aliphatic carbocycles. The molecule has 0 aliphatic heterocycles. The Morgan fingerprint density at radius 1 is 1.42 bits per heavy atom. The van der Waals surface area contributed by atoms with Crippen LogP contribution in [-0.2, 0) is 6.42 Å². The Morgan fingerprint density at radius 2 is 2.32 bits per heavy atom. The van der Waals surface area contributed by atoms with Gasteiger partial charge in [0.1, 0.15) is 0 Å². The van der Waals surface area contributed by atoms with Crippen molar-refractivity contribution in [3.63, 3.8) is 0 Å². The summed E-state index contributed by atoms with van der Waals surface area (Å²) in [5.74, 6) is 1.74. The largest absolute Gasteiger partial charge is 0.313 e. The number of hydrogen-bond donors (Lipinski definition) is 1. The van der Waals surface area contributed by atoms with Crippen molar-refractivity contribution in [2.75, 3.05) is 6.54 Å². The van der Waals surface area contributed by atoms with E-state index in [1.807, 2.05) is 12.4 Å². The molecule has 0 radical (unpaired) electrons. The first-order valence-electron chi connectivity index (χ1n) is 7.92. The van der Waals surface area contributed by atoms with Gasteiger partial charge < -0.3 is 5.32 Å². The van der Waals surface area contributed by atoms with Crippen molar-refractivity contribution in [1.82, 2.24) is 10.3 Å². The van der Waals surface area contributed by atoms with Crippen LogP contribution in [0.25, 0.3) is 0 Å². The van der Waals surface area contributed by atoms with Crippen molar-refractivity contribution < 1.29 is 0 Å². The van der Waals surface area contributed by atoms with Gasteiger partial charge >= 0.3 is 0 Å². The quantitative estimate of drug-likeness (QED) is 0.841. The lowest BCUT2D eigenvalue weighted by Crippen LogP contribution is -2.40. The third-order valence-corrected chi connectivity index (χ3v) is 4.38. The second kappa shape index (κ2) is 7.64. The summed E-state index contributed by atoms with van der Waals surface area (Å²) >= 11 is 0. The van der Waals surface area contributed by atoms with Crippen molar-refractivity contribution in [3.8, 4) is 0 Å². The monoisotopic (exact) mass is 260 g/mol. The van der Waals surface area contributed by atoms with Crippen molar-refractivity contribution >= 4 is 0 Å². The molecule has 3 atom stereocenters. The maximum absolute atomic E-state index is 4.25. The molecule has 0 amide bonds. The highest BCUT2D eigenvalue weighted by atomic mass is 14.9. The predicted octanol–water partition coefficient (Wildman–Crippen LogP) is 3.82. The highest BCUT2D eigenvalue weighted by molar-refractivity contribution is 5.10. The molecule has 0 saturated heterocycles. The Kier molecular flexibility index (Phi) is 5.84.